The summed E-state index contributed by atoms with van der Waals surface area (Å²) in [6.07, 6.45) is 7.48. The van der Waals surface area contributed by atoms with Gasteiger partial charge in [-0.05, 0) is 53.9 Å². The summed E-state index contributed by atoms with van der Waals surface area (Å²) in [5.74, 6) is 0.887. The quantitative estimate of drug-likeness (QED) is 0.394. The van der Waals surface area contributed by atoms with Crippen LogP contribution < -0.4 is 4.74 Å². The van der Waals surface area contributed by atoms with Gasteiger partial charge in [0.15, 0.2) is 0 Å². The van der Waals surface area contributed by atoms with Crippen LogP contribution in [0.25, 0.3) is 0 Å². The van der Waals surface area contributed by atoms with Gasteiger partial charge in [-0.3, -0.25) is 14.6 Å². The average Bonchev–Trinajstić information content (AvgIpc) is 3.29. The molecule has 0 unspecified atom stereocenters. The highest BCUT2D eigenvalue weighted by molar-refractivity contribution is 5.37. The van der Waals surface area contributed by atoms with E-state index >= 15 is 0 Å². The Morgan fingerprint density at radius 2 is 1.52 bits per heavy atom. The van der Waals surface area contributed by atoms with E-state index in [4.69, 9.17) is 4.74 Å². The zero-order chi connectivity index (χ0) is 21.5. The van der Waals surface area contributed by atoms with Crippen LogP contribution in [0.2, 0.25) is 0 Å². The molecule has 0 atom stereocenters. The molecule has 0 aliphatic heterocycles. The van der Waals surface area contributed by atoms with Crippen molar-refractivity contribution in [3.8, 4) is 5.75 Å². The van der Waals surface area contributed by atoms with E-state index in [1.165, 1.54) is 22.3 Å². The van der Waals surface area contributed by atoms with Crippen LogP contribution in [-0.4, -0.2) is 26.8 Å². The Kier molecular flexibility index (Phi) is 6.75. The first-order valence-electron chi connectivity index (χ1n) is 10.5. The summed E-state index contributed by atoms with van der Waals surface area (Å²) in [4.78, 5) is 6.61. The average molecular weight is 413 g/mol. The Hall–Kier alpha value is -3.44. The molecule has 0 spiro atoms. The molecule has 5 heteroatoms. The van der Waals surface area contributed by atoms with Gasteiger partial charge in [0.05, 0.1) is 13.7 Å². The maximum Gasteiger partial charge on any atom is 0.123 e. The van der Waals surface area contributed by atoms with E-state index in [-0.39, 0.29) is 0 Å². The predicted octanol–water partition coefficient (Wildman–Crippen LogP) is 4.85. The minimum Gasteiger partial charge on any atom is -0.496 e. The van der Waals surface area contributed by atoms with Gasteiger partial charge in [-0.15, -0.1) is 0 Å². The van der Waals surface area contributed by atoms with Crippen molar-refractivity contribution in [2.24, 2.45) is 0 Å². The van der Waals surface area contributed by atoms with Gasteiger partial charge in [0.1, 0.15) is 5.75 Å². The zero-order valence-corrected chi connectivity index (χ0v) is 18.1. The van der Waals surface area contributed by atoms with Crippen LogP contribution >= 0.6 is 0 Å². The normalized spacial score (nSPS) is 11.1. The van der Waals surface area contributed by atoms with Gasteiger partial charge >= 0.3 is 0 Å². The lowest BCUT2D eigenvalue weighted by Crippen LogP contribution is -2.22. The van der Waals surface area contributed by atoms with Crippen LogP contribution in [0.5, 0.6) is 5.75 Å². The molecule has 4 rings (SSSR count). The summed E-state index contributed by atoms with van der Waals surface area (Å²) in [7, 11) is 1.72. The van der Waals surface area contributed by atoms with Crippen LogP contribution in [0.3, 0.4) is 0 Å². The van der Waals surface area contributed by atoms with Crippen molar-refractivity contribution in [3.05, 3.63) is 113 Å². The second-order valence-corrected chi connectivity index (χ2v) is 7.84. The molecule has 2 heterocycles. The van der Waals surface area contributed by atoms with Gasteiger partial charge < -0.3 is 4.74 Å². The molecule has 0 saturated heterocycles. The minimum absolute atomic E-state index is 0.687. The van der Waals surface area contributed by atoms with Gasteiger partial charge in [-0.25, -0.2) is 0 Å². The Balaban J connectivity index is 1.56. The lowest BCUT2D eigenvalue weighted by atomic mass is 10.1. The number of rotatable bonds is 9. The minimum atomic E-state index is 0.687. The van der Waals surface area contributed by atoms with Crippen LogP contribution in [0.15, 0.2) is 85.5 Å². The highest BCUT2D eigenvalue weighted by atomic mass is 16.5. The second-order valence-electron chi connectivity index (χ2n) is 7.84. The Bertz CT molecular complexity index is 1080. The summed E-state index contributed by atoms with van der Waals surface area (Å²) >= 11 is 0. The number of hydrogen-bond acceptors (Lipinski definition) is 4. The molecule has 0 aliphatic carbocycles. The van der Waals surface area contributed by atoms with Gasteiger partial charge in [0.25, 0.3) is 0 Å². The summed E-state index contributed by atoms with van der Waals surface area (Å²) in [5.41, 5.74) is 6.23. The van der Waals surface area contributed by atoms with E-state index < -0.39 is 0 Å². The van der Waals surface area contributed by atoms with Crippen LogP contribution in [0, 0.1) is 6.92 Å². The highest BCUT2D eigenvalue weighted by Crippen LogP contribution is 2.23. The third-order valence-electron chi connectivity index (χ3n) is 5.32. The summed E-state index contributed by atoms with van der Waals surface area (Å²) in [6.45, 7) is 5.38. The molecule has 2 aromatic carbocycles. The fraction of sp³-hybridized carbons (Fsp3) is 0.231. The molecule has 0 aliphatic rings. The lowest BCUT2D eigenvalue weighted by Gasteiger charge is -2.23. The molecule has 0 N–H and O–H groups in total. The number of aryl methyl sites for hydroxylation is 1. The smallest absolute Gasteiger partial charge is 0.123 e. The molecule has 0 radical (unpaired) electrons. The number of aromatic nitrogens is 3. The first kappa shape index (κ1) is 20.8. The number of benzene rings is 2. The highest BCUT2D eigenvalue weighted by Gasteiger charge is 2.12. The molecule has 4 aromatic rings. The largest absolute Gasteiger partial charge is 0.496 e. The number of pyridine rings is 1. The van der Waals surface area contributed by atoms with Crippen molar-refractivity contribution in [1.29, 1.82) is 0 Å². The van der Waals surface area contributed by atoms with E-state index in [9.17, 15) is 0 Å². The van der Waals surface area contributed by atoms with E-state index in [0.717, 1.165) is 30.9 Å². The van der Waals surface area contributed by atoms with E-state index in [2.05, 4.69) is 76.5 Å². The van der Waals surface area contributed by atoms with Crippen LogP contribution in [0.1, 0.15) is 27.8 Å². The molecule has 0 bridgehead atoms. The zero-order valence-electron chi connectivity index (χ0n) is 18.1. The van der Waals surface area contributed by atoms with Crippen molar-refractivity contribution >= 4 is 0 Å². The molecule has 0 amide bonds. The molecule has 31 heavy (non-hydrogen) atoms. The van der Waals surface area contributed by atoms with E-state index in [1.807, 2.05) is 29.3 Å². The van der Waals surface area contributed by atoms with Crippen LogP contribution in [-0.2, 0) is 26.2 Å². The molecular weight excluding hydrogens is 384 g/mol. The van der Waals surface area contributed by atoms with Crippen molar-refractivity contribution < 1.29 is 4.74 Å². The Morgan fingerprint density at radius 1 is 0.839 bits per heavy atom. The predicted molar refractivity (Wildman–Crippen MR) is 123 cm³/mol. The van der Waals surface area contributed by atoms with Gasteiger partial charge in [0.2, 0.25) is 0 Å². The summed E-state index contributed by atoms with van der Waals surface area (Å²) < 4.78 is 7.51. The first-order valence-corrected chi connectivity index (χ1v) is 10.5. The maximum absolute atomic E-state index is 5.59. The third-order valence-corrected chi connectivity index (χ3v) is 5.32. The third kappa shape index (κ3) is 5.80. The molecule has 0 fully saturated rings. The van der Waals surface area contributed by atoms with E-state index in [0.29, 0.717) is 6.54 Å². The maximum atomic E-state index is 5.59. The first-order chi connectivity index (χ1) is 15.2. The van der Waals surface area contributed by atoms with Crippen molar-refractivity contribution in [2.75, 3.05) is 7.11 Å². The number of ether oxygens (including phenoxy) is 1. The van der Waals surface area contributed by atoms with Gasteiger partial charge in [-0.2, -0.15) is 5.10 Å². The monoisotopic (exact) mass is 412 g/mol. The molecule has 0 saturated carbocycles. The van der Waals surface area contributed by atoms with Crippen molar-refractivity contribution in [3.63, 3.8) is 0 Å². The van der Waals surface area contributed by atoms with Gasteiger partial charge in [0, 0.05) is 50.0 Å². The standard InChI is InChI=1S/C26H28N4O/c1-21-4-6-22(7-5-21)17-29(18-23-10-13-27-14-11-23)19-24-8-9-26(31-2)25(16-24)20-30-15-3-12-28-30/h3-16H,17-20H2,1-2H3. The topological polar surface area (TPSA) is 43.2 Å². The number of hydrogen-bond donors (Lipinski definition) is 0. The van der Waals surface area contributed by atoms with Crippen molar-refractivity contribution in [1.82, 2.24) is 19.7 Å². The fourth-order valence-electron chi connectivity index (χ4n) is 3.75. The molecule has 5 nitrogen and oxygen atoms in total. The molecular formula is C26H28N4O. The van der Waals surface area contributed by atoms with Crippen LogP contribution in [0.4, 0.5) is 0 Å². The second kappa shape index (κ2) is 10.0. The van der Waals surface area contributed by atoms with Gasteiger partial charge in [-0.1, -0.05) is 35.9 Å². The summed E-state index contributed by atoms with van der Waals surface area (Å²) in [6, 6.07) is 21.3. The van der Waals surface area contributed by atoms with Crippen molar-refractivity contribution in [2.45, 2.75) is 33.1 Å². The fourth-order valence-corrected chi connectivity index (χ4v) is 3.75. The Morgan fingerprint density at radius 3 is 2.19 bits per heavy atom. The summed E-state index contributed by atoms with van der Waals surface area (Å²) in [5, 5.41) is 4.34. The lowest BCUT2D eigenvalue weighted by molar-refractivity contribution is 0.247. The van der Waals surface area contributed by atoms with E-state index in [1.54, 1.807) is 13.3 Å². The molecule has 158 valence electrons. The SMILES string of the molecule is COc1ccc(CN(Cc2ccncc2)Cc2ccc(C)cc2)cc1Cn1cccn1. The number of methoxy groups -OCH3 is 1. The Labute approximate surface area is 183 Å². The number of nitrogens with zero attached hydrogens (tertiary/aromatic N) is 4. The molecule has 2 aromatic heterocycles.